The van der Waals surface area contributed by atoms with Crippen molar-refractivity contribution in [2.75, 3.05) is 44.6 Å². The summed E-state index contributed by atoms with van der Waals surface area (Å²) >= 11 is 0. The molecule has 0 bridgehead atoms. The van der Waals surface area contributed by atoms with Gasteiger partial charge in [-0.05, 0) is 31.9 Å². The van der Waals surface area contributed by atoms with E-state index in [1.165, 1.54) is 5.56 Å². The molecular formula is C16H25N3O2. The molecule has 0 spiro atoms. The molecule has 1 heterocycles. The summed E-state index contributed by atoms with van der Waals surface area (Å²) in [5.74, 6) is 0. The van der Waals surface area contributed by atoms with Crippen molar-refractivity contribution in [2.45, 2.75) is 20.8 Å². The fraction of sp³-hybridized carbons (Fsp3) is 0.562. The van der Waals surface area contributed by atoms with Gasteiger partial charge in [-0.15, -0.1) is 0 Å². The van der Waals surface area contributed by atoms with Crippen molar-refractivity contribution < 1.29 is 9.90 Å². The van der Waals surface area contributed by atoms with Gasteiger partial charge < -0.3 is 15.3 Å². The first-order valence-corrected chi connectivity index (χ1v) is 7.48. The van der Waals surface area contributed by atoms with Gasteiger partial charge in [0.15, 0.2) is 0 Å². The first kappa shape index (κ1) is 15.8. The van der Waals surface area contributed by atoms with Crippen LogP contribution in [0.15, 0.2) is 12.1 Å². The molecule has 0 unspecified atom stereocenters. The van der Waals surface area contributed by atoms with Crippen LogP contribution in [0.4, 0.5) is 10.5 Å². The van der Waals surface area contributed by atoms with Crippen molar-refractivity contribution in [1.82, 2.24) is 9.80 Å². The number of hydrogen-bond donors (Lipinski definition) is 2. The van der Waals surface area contributed by atoms with Gasteiger partial charge in [0.2, 0.25) is 0 Å². The van der Waals surface area contributed by atoms with E-state index >= 15 is 0 Å². The topological polar surface area (TPSA) is 55.8 Å². The average Bonchev–Trinajstić information content (AvgIpc) is 2.43. The van der Waals surface area contributed by atoms with Crippen LogP contribution in [0, 0.1) is 20.8 Å². The van der Waals surface area contributed by atoms with E-state index < -0.39 is 0 Å². The maximum atomic E-state index is 12.4. The Morgan fingerprint density at radius 3 is 2.24 bits per heavy atom. The fourth-order valence-electron chi connectivity index (χ4n) is 2.88. The van der Waals surface area contributed by atoms with Crippen LogP contribution in [-0.4, -0.2) is 60.3 Å². The first-order valence-electron chi connectivity index (χ1n) is 7.48. The number of benzene rings is 1. The number of nitrogens with zero attached hydrogens (tertiary/aromatic N) is 2. The summed E-state index contributed by atoms with van der Waals surface area (Å²) in [6.07, 6.45) is 0. The third kappa shape index (κ3) is 3.95. The highest BCUT2D eigenvalue weighted by atomic mass is 16.3. The maximum absolute atomic E-state index is 12.4. The molecule has 1 aliphatic heterocycles. The van der Waals surface area contributed by atoms with E-state index in [2.05, 4.69) is 29.3 Å². The average molecular weight is 291 g/mol. The van der Waals surface area contributed by atoms with Crippen molar-refractivity contribution in [3.63, 3.8) is 0 Å². The monoisotopic (exact) mass is 291 g/mol. The molecule has 1 aromatic rings. The van der Waals surface area contributed by atoms with E-state index in [1.54, 1.807) is 0 Å². The number of aliphatic hydroxyl groups excluding tert-OH is 1. The van der Waals surface area contributed by atoms with E-state index in [0.29, 0.717) is 19.6 Å². The SMILES string of the molecule is Cc1cc(C)c(NC(=O)N2CCN(CCO)CC2)c(C)c1. The number of β-amino-alcohol motifs (C(OH)–C–C–N with tert-alkyl or cyclic N) is 1. The Bertz CT molecular complexity index is 485. The zero-order valence-electron chi connectivity index (χ0n) is 13.1. The predicted octanol–water partition coefficient (Wildman–Crippen LogP) is 1.75. The summed E-state index contributed by atoms with van der Waals surface area (Å²) < 4.78 is 0. The van der Waals surface area contributed by atoms with E-state index in [1.807, 2.05) is 18.7 Å². The minimum Gasteiger partial charge on any atom is -0.395 e. The number of hydrogen-bond acceptors (Lipinski definition) is 3. The molecule has 2 amide bonds. The van der Waals surface area contributed by atoms with Gasteiger partial charge in [-0.1, -0.05) is 17.7 Å². The lowest BCUT2D eigenvalue weighted by Gasteiger charge is -2.34. The highest BCUT2D eigenvalue weighted by Crippen LogP contribution is 2.22. The Morgan fingerprint density at radius 2 is 1.71 bits per heavy atom. The molecule has 1 fully saturated rings. The van der Waals surface area contributed by atoms with E-state index in [9.17, 15) is 4.79 Å². The largest absolute Gasteiger partial charge is 0.395 e. The summed E-state index contributed by atoms with van der Waals surface area (Å²) in [5.41, 5.74) is 4.32. The van der Waals surface area contributed by atoms with Gasteiger partial charge in [0.05, 0.1) is 6.61 Å². The van der Waals surface area contributed by atoms with Crippen LogP contribution in [0.25, 0.3) is 0 Å². The third-order valence-corrected chi connectivity index (χ3v) is 3.98. The van der Waals surface area contributed by atoms with Crippen LogP contribution in [0.3, 0.4) is 0 Å². The lowest BCUT2D eigenvalue weighted by atomic mass is 10.1. The van der Waals surface area contributed by atoms with Crippen molar-refractivity contribution in [3.8, 4) is 0 Å². The van der Waals surface area contributed by atoms with Gasteiger partial charge in [-0.2, -0.15) is 0 Å². The molecule has 1 aromatic carbocycles. The number of carbonyl (C=O) groups excluding carboxylic acids is 1. The number of piperazine rings is 1. The third-order valence-electron chi connectivity index (χ3n) is 3.98. The van der Waals surface area contributed by atoms with Crippen molar-refractivity contribution in [1.29, 1.82) is 0 Å². The molecule has 5 heteroatoms. The Balaban J connectivity index is 1.97. The van der Waals surface area contributed by atoms with Gasteiger partial charge in [-0.25, -0.2) is 4.79 Å². The number of amides is 2. The van der Waals surface area contributed by atoms with E-state index in [4.69, 9.17) is 5.11 Å². The molecule has 1 aliphatic rings. The van der Waals surface area contributed by atoms with Crippen LogP contribution >= 0.6 is 0 Å². The molecule has 116 valence electrons. The number of urea groups is 1. The second-order valence-corrected chi connectivity index (χ2v) is 5.76. The van der Waals surface area contributed by atoms with Gasteiger partial charge in [0.1, 0.15) is 0 Å². The van der Waals surface area contributed by atoms with Crippen LogP contribution < -0.4 is 5.32 Å². The number of anilines is 1. The standard InChI is InChI=1S/C16H25N3O2/c1-12-10-13(2)15(14(3)11-12)17-16(21)19-6-4-18(5-7-19)8-9-20/h10-11,20H,4-9H2,1-3H3,(H,17,21). The molecule has 0 aliphatic carbocycles. The smallest absolute Gasteiger partial charge is 0.321 e. The van der Waals surface area contributed by atoms with Gasteiger partial charge in [-0.3, -0.25) is 4.90 Å². The number of aliphatic hydroxyl groups is 1. The highest BCUT2D eigenvalue weighted by molar-refractivity contribution is 5.91. The first-order chi connectivity index (χ1) is 10.0. The number of nitrogens with one attached hydrogen (secondary N) is 1. The van der Waals surface area contributed by atoms with Gasteiger partial charge in [0, 0.05) is 38.4 Å². The van der Waals surface area contributed by atoms with Crippen molar-refractivity contribution in [2.24, 2.45) is 0 Å². The summed E-state index contributed by atoms with van der Waals surface area (Å²) in [5, 5.41) is 12.0. The number of aryl methyl sites for hydroxylation is 3. The molecule has 0 atom stereocenters. The summed E-state index contributed by atoms with van der Waals surface area (Å²) in [6.45, 7) is 10.0. The number of carbonyl (C=O) groups is 1. The zero-order chi connectivity index (χ0) is 15.4. The Morgan fingerprint density at radius 1 is 1.14 bits per heavy atom. The number of rotatable bonds is 3. The Kier molecular flexibility index (Phi) is 5.20. The van der Waals surface area contributed by atoms with E-state index in [0.717, 1.165) is 29.9 Å². The zero-order valence-corrected chi connectivity index (χ0v) is 13.1. The lowest BCUT2D eigenvalue weighted by Crippen LogP contribution is -2.50. The molecule has 2 rings (SSSR count). The fourth-order valence-corrected chi connectivity index (χ4v) is 2.88. The summed E-state index contributed by atoms with van der Waals surface area (Å²) in [4.78, 5) is 16.4. The summed E-state index contributed by atoms with van der Waals surface area (Å²) in [6, 6.07) is 4.14. The molecule has 0 radical (unpaired) electrons. The lowest BCUT2D eigenvalue weighted by molar-refractivity contribution is 0.127. The van der Waals surface area contributed by atoms with Crippen molar-refractivity contribution >= 4 is 11.7 Å². The molecule has 0 aromatic heterocycles. The maximum Gasteiger partial charge on any atom is 0.321 e. The summed E-state index contributed by atoms with van der Waals surface area (Å²) in [7, 11) is 0. The van der Waals surface area contributed by atoms with E-state index in [-0.39, 0.29) is 12.6 Å². The molecular weight excluding hydrogens is 266 g/mol. The van der Waals surface area contributed by atoms with Crippen LogP contribution in [0.2, 0.25) is 0 Å². The molecule has 1 saturated heterocycles. The molecule has 2 N–H and O–H groups in total. The predicted molar refractivity (Wildman–Crippen MR) is 84.8 cm³/mol. The van der Waals surface area contributed by atoms with Gasteiger partial charge in [0.25, 0.3) is 0 Å². The quantitative estimate of drug-likeness (QED) is 0.892. The second kappa shape index (κ2) is 6.91. The van der Waals surface area contributed by atoms with Crippen LogP contribution in [0.5, 0.6) is 0 Å². The Hall–Kier alpha value is -1.59. The second-order valence-electron chi connectivity index (χ2n) is 5.76. The Labute approximate surface area is 126 Å². The minimum atomic E-state index is -0.0336. The van der Waals surface area contributed by atoms with Crippen LogP contribution in [-0.2, 0) is 0 Å². The van der Waals surface area contributed by atoms with Gasteiger partial charge >= 0.3 is 6.03 Å². The molecule has 5 nitrogen and oxygen atoms in total. The molecule has 0 saturated carbocycles. The minimum absolute atomic E-state index is 0.0336. The highest BCUT2D eigenvalue weighted by Gasteiger charge is 2.21. The van der Waals surface area contributed by atoms with Crippen molar-refractivity contribution in [3.05, 3.63) is 28.8 Å². The molecule has 21 heavy (non-hydrogen) atoms. The normalized spacial score (nSPS) is 16.1. The van der Waals surface area contributed by atoms with Crippen LogP contribution in [0.1, 0.15) is 16.7 Å².